The molecule has 0 aromatic carbocycles. The molecule has 1 aromatic heterocycles. The highest BCUT2D eigenvalue weighted by molar-refractivity contribution is 5.82. The summed E-state index contributed by atoms with van der Waals surface area (Å²) in [6.45, 7) is 5.58. The van der Waals surface area contributed by atoms with Crippen LogP contribution in [0, 0.1) is 5.92 Å². The van der Waals surface area contributed by atoms with Crippen molar-refractivity contribution in [3.05, 3.63) is 24.2 Å². The van der Waals surface area contributed by atoms with Crippen molar-refractivity contribution in [3.63, 3.8) is 0 Å². The van der Waals surface area contributed by atoms with E-state index in [1.807, 2.05) is 26.0 Å². The fourth-order valence-electron chi connectivity index (χ4n) is 1.98. The van der Waals surface area contributed by atoms with Crippen molar-refractivity contribution in [1.29, 1.82) is 0 Å². The average Bonchev–Trinajstić information content (AvgIpc) is 2.94. The second-order valence-corrected chi connectivity index (χ2v) is 5.34. The number of aliphatic carboxylic acids is 1. The van der Waals surface area contributed by atoms with Crippen molar-refractivity contribution in [3.8, 4) is 0 Å². The molecule has 0 radical (unpaired) electrons. The van der Waals surface area contributed by atoms with Crippen LogP contribution in [0.4, 0.5) is 4.79 Å². The Bertz CT molecular complexity index is 445. The SMILES string of the molecule is CC[C@H](C)[C@H](NC(=O)NC(C)CCc1ccco1)C(=O)O. The summed E-state index contributed by atoms with van der Waals surface area (Å²) in [4.78, 5) is 23.0. The van der Waals surface area contributed by atoms with Gasteiger partial charge < -0.3 is 20.2 Å². The summed E-state index contributed by atoms with van der Waals surface area (Å²) in [6, 6.07) is 2.32. The van der Waals surface area contributed by atoms with Crippen molar-refractivity contribution < 1.29 is 19.1 Å². The van der Waals surface area contributed by atoms with Crippen LogP contribution in [-0.4, -0.2) is 29.2 Å². The van der Waals surface area contributed by atoms with Crippen molar-refractivity contribution in [2.75, 3.05) is 0 Å². The van der Waals surface area contributed by atoms with Gasteiger partial charge >= 0.3 is 12.0 Å². The summed E-state index contributed by atoms with van der Waals surface area (Å²) in [5, 5.41) is 14.4. The Kier molecular flexibility index (Phi) is 6.78. The molecule has 0 bridgehead atoms. The topological polar surface area (TPSA) is 91.6 Å². The number of carboxylic acid groups (broad SMARTS) is 1. The molecule has 2 amide bonds. The maximum atomic E-state index is 11.8. The third-order valence-corrected chi connectivity index (χ3v) is 3.55. The molecular weight excluding hydrogens is 272 g/mol. The van der Waals surface area contributed by atoms with E-state index in [9.17, 15) is 9.59 Å². The van der Waals surface area contributed by atoms with Gasteiger partial charge in [0.15, 0.2) is 0 Å². The predicted molar refractivity (Wildman–Crippen MR) is 79.0 cm³/mol. The lowest BCUT2D eigenvalue weighted by Gasteiger charge is -2.22. The first-order valence-corrected chi connectivity index (χ1v) is 7.26. The monoisotopic (exact) mass is 296 g/mol. The number of carbonyl (C=O) groups is 2. The molecule has 0 saturated carbocycles. The molecule has 1 heterocycles. The van der Waals surface area contributed by atoms with E-state index >= 15 is 0 Å². The van der Waals surface area contributed by atoms with E-state index < -0.39 is 18.0 Å². The number of hydrogen-bond acceptors (Lipinski definition) is 3. The molecule has 0 aliphatic rings. The standard InChI is InChI=1S/C15H24N2O4/c1-4-10(2)13(14(18)19)17-15(20)16-11(3)7-8-12-6-5-9-21-12/h5-6,9-11,13H,4,7-8H2,1-3H3,(H,18,19)(H2,16,17,20)/t10-,11?,13-/m0/s1. The molecule has 0 spiro atoms. The molecule has 6 heteroatoms. The van der Waals surface area contributed by atoms with Gasteiger partial charge in [0.05, 0.1) is 6.26 Å². The fourth-order valence-corrected chi connectivity index (χ4v) is 1.98. The third-order valence-electron chi connectivity index (χ3n) is 3.55. The van der Waals surface area contributed by atoms with Gasteiger partial charge in [-0.3, -0.25) is 0 Å². The van der Waals surface area contributed by atoms with Crippen LogP contribution in [0.15, 0.2) is 22.8 Å². The van der Waals surface area contributed by atoms with Gasteiger partial charge in [-0.25, -0.2) is 9.59 Å². The van der Waals surface area contributed by atoms with Gasteiger partial charge in [0.25, 0.3) is 0 Å². The normalized spacial score (nSPS) is 15.0. The first-order valence-electron chi connectivity index (χ1n) is 7.26. The Hall–Kier alpha value is -1.98. The number of carboxylic acids is 1. The van der Waals surface area contributed by atoms with E-state index in [4.69, 9.17) is 9.52 Å². The van der Waals surface area contributed by atoms with Crippen LogP contribution < -0.4 is 10.6 Å². The molecule has 1 rings (SSSR count). The Labute approximate surface area is 124 Å². The summed E-state index contributed by atoms with van der Waals surface area (Å²) >= 11 is 0. The highest BCUT2D eigenvalue weighted by Gasteiger charge is 2.25. The second kappa shape index (κ2) is 8.34. The highest BCUT2D eigenvalue weighted by Crippen LogP contribution is 2.08. The zero-order chi connectivity index (χ0) is 15.8. The van der Waals surface area contributed by atoms with Crippen LogP contribution >= 0.6 is 0 Å². The Morgan fingerprint density at radius 2 is 2.05 bits per heavy atom. The van der Waals surface area contributed by atoms with Crippen LogP contribution in [-0.2, 0) is 11.2 Å². The molecule has 0 saturated heterocycles. The van der Waals surface area contributed by atoms with Gasteiger partial charge in [-0.15, -0.1) is 0 Å². The molecule has 1 aromatic rings. The molecule has 0 aliphatic carbocycles. The van der Waals surface area contributed by atoms with Gasteiger partial charge in [0.2, 0.25) is 0 Å². The van der Waals surface area contributed by atoms with Crippen LogP contribution in [0.1, 0.15) is 39.4 Å². The Morgan fingerprint density at radius 1 is 1.33 bits per heavy atom. The van der Waals surface area contributed by atoms with Gasteiger partial charge in [0.1, 0.15) is 11.8 Å². The largest absolute Gasteiger partial charge is 0.480 e. The highest BCUT2D eigenvalue weighted by atomic mass is 16.4. The zero-order valence-corrected chi connectivity index (χ0v) is 12.8. The zero-order valence-electron chi connectivity index (χ0n) is 12.8. The van der Waals surface area contributed by atoms with E-state index in [1.54, 1.807) is 13.2 Å². The fraction of sp³-hybridized carbons (Fsp3) is 0.600. The molecule has 3 atom stereocenters. The van der Waals surface area contributed by atoms with E-state index in [0.29, 0.717) is 6.42 Å². The molecule has 3 N–H and O–H groups in total. The first-order chi connectivity index (χ1) is 9.93. The summed E-state index contributed by atoms with van der Waals surface area (Å²) in [7, 11) is 0. The lowest BCUT2D eigenvalue weighted by Crippen LogP contribution is -2.51. The summed E-state index contributed by atoms with van der Waals surface area (Å²) in [6.07, 6.45) is 3.75. The number of hydrogen-bond donors (Lipinski definition) is 3. The van der Waals surface area contributed by atoms with E-state index in [1.165, 1.54) is 0 Å². The van der Waals surface area contributed by atoms with Crippen LogP contribution in [0.2, 0.25) is 0 Å². The molecule has 118 valence electrons. The molecule has 1 unspecified atom stereocenters. The number of aryl methyl sites for hydroxylation is 1. The van der Waals surface area contributed by atoms with Gasteiger partial charge in [-0.05, 0) is 31.4 Å². The maximum Gasteiger partial charge on any atom is 0.326 e. The lowest BCUT2D eigenvalue weighted by atomic mass is 9.99. The van der Waals surface area contributed by atoms with E-state index in [0.717, 1.165) is 18.6 Å². The number of urea groups is 1. The minimum Gasteiger partial charge on any atom is -0.480 e. The summed E-state index contributed by atoms with van der Waals surface area (Å²) in [5.74, 6) is -0.263. The molecule has 0 fully saturated rings. The van der Waals surface area contributed by atoms with Crippen LogP contribution in [0.5, 0.6) is 0 Å². The predicted octanol–water partition coefficient (Wildman–Crippen LogP) is 2.40. The minimum atomic E-state index is -1.01. The smallest absolute Gasteiger partial charge is 0.326 e. The number of amides is 2. The van der Waals surface area contributed by atoms with Crippen molar-refractivity contribution in [2.24, 2.45) is 5.92 Å². The van der Waals surface area contributed by atoms with Crippen molar-refractivity contribution >= 4 is 12.0 Å². The second-order valence-electron chi connectivity index (χ2n) is 5.34. The van der Waals surface area contributed by atoms with Gasteiger partial charge in [0, 0.05) is 12.5 Å². The number of carbonyl (C=O) groups excluding carboxylic acids is 1. The number of nitrogens with one attached hydrogen (secondary N) is 2. The third kappa shape index (κ3) is 5.89. The Morgan fingerprint density at radius 3 is 2.57 bits per heavy atom. The van der Waals surface area contributed by atoms with Crippen molar-refractivity contribution in [2.45, 2.75) is 52.1 Å². The maximum absolute atomic E-state index is 11.8. The molecular formula is C15H24N2O4. The Balaban J connectivity index is 2.38. The first kappa shape index (κ1) is 17.1. The van der Waals surface area contributed by atoms with Crippen LogP contribution in [0.25, 0.3) is 0 Å². The quantitative estimate of drug-likeness (QED) is 0.687. The molecule has 21 heavy (non-hydrogen) atoms. The van der Waals surface area contributed by atoms with E-state index in [2.05, 4.69) is 10.6 Å². The molecule has 0 aliphatic heterocycles. The van der Waals surface area contributed by atoms with E-state index in [-0.39, 0.29) is 12.0 Å². The summed E-state index contributed by atoms with van der Waals surface area (Å²) in [5.41, 5.74) is 0. The van der Waals surface area contributed by atoms with Crippen molar-refractivity contribution in [1.82, 2.24) is 10.6 Å². The van der Waals surface area contributed by atoms with Crippen LogP contribution in [0.3, 0.4) is 0 Å². The summed E-state index contributed by atoms with van der Waals surface area (Å²) < 4.78 is 5.22. The number of furan rings is 1. The minimum absolute atomic E-state index is 0.0681. The number of rotatable bonds is 8. The van der Waals surface area contributed by atoms with Gasteiger partial charge in [-0.1, -0.05) is 20.3 Å². The van der Waals surface area contributed by atoms with Gasteiger partial charge in [-0.2, -0.15) is 0 Å². The molecule has 6 nitrogen and oxygen atoms in total. The lowest BCUT2D eigenvalue weighted by molar-refractivity contribution is -0.140. The average molecular weight is 296 g/mol.